The lowest BCUT2D eigenvalue weighted by atomic mass is 10.1. The molecule has 0 heterocycles. The molecule has 1 N–H and O–H groups in total. The van der Waals surface area contributed by atoms with Crippen LogP contribution in [0.15, 0.2) is 42.5 Å². The summed E-state index contributed by atoms with van der Waals surface area (Å²) in [7, 11) is 0. The molecule has 0 spiro atoms. The molecular weight excluding hydrogens is 327 g/mol. The highest BCUT2D eigenvalue weighted by Gasteiger charge is 2.16. The number of rotatable bonds is 4. The van der Waals surface area contributed by atoms with Crippen LogP contribution in [0.3, 0.4) is 0 Å². The Bertz CT molecular complexity index is 734. The molecule has 0 saturated heterocycles. The van der Waals surface area contributed by atoms with Crippen LogP contribution in [0.5, 0.6) is 0 Å². The van der Waals surface area contributed by atoms with Gasteiger partial charge in [-0.2, -0.15) is 0 Å². The molecule has 0 radical (unpaired) electrons. The number of benzene rings is 2. The fraction of sp³-hybridized carbons (Fsp3) is 0.133. The first-order chi connectivity index (χ1) is 10.4. The zero-order valence-corrected chi connectivity index (χ0v) is 13.1. The largest absolute Gasteiger partial charge is 0.345 e. The van der Waals surface area contributed by atoms with Crippen LogP contribution in [0.4, 0.5) is 5.69 Å². The van der Waals surface area contributed by atoms with Crippen LogP contribution in [-0.4, -0.2) is 10.8 Å². The third-order valence-electron chi connectivity index (χ3n) is 3.10. The quantitative estimate of drug-likeness (QED) is 0.663. The van der Waals surface area contributed by atoms with Crippen molar-refractivity contribution in [2.45, 2.75) is 13.0 Å². The van der Waals surface area contributed by atoms with E-state index in [2.05, 4.69) is 5.32 Å². The summed E-state index contributed by atoms with van der Waals surface area (Å²) >= 11 is 11.9. The van der Waals surface area contributed by atoms with E-state index in [1.54, 1.807) is 25.1 Å². The molecule has 5 nitrogen and oxygen atoms in total. The number of non-ortho nitro benzene ring substituents is 1. The Morgan fingerprint density at radius 1 is 1.23 bits per heavy atom. The summed E-state index contributed by atoms with van der Waals surface area (Å²) in [5.74, 6) is -0.415. The summed E-state index contributed by atoms with van der Waals surface area (Å²) in [6.45, 7) is 1.77. The number of nitrogens with zero attached hydrogens (tertiary/aromatic N) is 1. The van der Waals surface area contributed by atoms with Gasteiger partial charge in [-0.3, -0.25) is 14.9 Å². The highest BCUT2D eigenvalue weighted by atomic mass is 35.5. The Labute approximate surface area is 137 Å². The van der Waals surface area contributed by atoms with Gasteiger partial charge >= 0.3 is 0 Å². The maximum absolute atomic E-state index is 12.2. The van der Waals surface area contributed by atoms with Crippen molar-refractivity contribution >= 4 is 34.8 Å². The van der Waals surface area contributed by atoms with Crippen LogP contribution in [-0.2, 0) is 0 Å². The van der Waals surface area contributed by atoms with Crippen molar-refractivity contribution in [3.8, 4) is 0 Å². The lowest BCUT2D eigenvalue weighted by molar-refractivity contribution is -0.384. The zero-order valence-electron chi connectivity index (χ0n) is 11.5. The first kappa shape index (κ1) is 16.3. The Morgan fingerprint density at radius 3 is 2.59 bits per heavy atom. The first-order valence-corrected chi connectivity index (χ1v) is 7.14. The minimum absolute atomic E-state index is 0.134. The molecular formula is C15H12Cl2N2O3. The Kier molecular flexibility index (Phi) is 5.00. The van der Waals surface area contributed by atoms with Gasteiger partial charge in [0, 0.05) is 27.7 Å². The molecule has 0 aliphatic heterocycles. The average Bonchev–Trinajstić information content (AvgIpc) is 2.47. The minimum Gasteiger partial charge on any atom is -0.345 e. The van der Waals surface area contributed by atoms with Crippen molar-refractivity contribution in [1.29, 1.82) is 0 Å². The number of amides is 1. The zero-order chi connectivity index (χ0) is 16.3. The maximum atomic E-state index is 12.2. The van der Waals surface area contributed by atoms with Gasteiger partial charge in [-0.15, -0.1) is 0 Å². The Hall–Kier alpha value is -2.11. The molecule has 7 heteroatoms. The lowest BCUT2D eigenvalue weighted by Gasteiger charge is -2.16. The summed E-state index contributed by atoms with van der Waals surface area (Å²) in [6.07, 6.45) is 0. The van der Waals surface area contributed by atoms with Gasteiger partial charge in [0.15, 0.2) is 0 Å². The van der Waals surface area contributed by atoms with Crippen LogP contribution < -0.4 is 5.32 Å². The topological polar surface area (TPSA) is 72.2 Å². The van der Waals surface area contributed by atoms with E-state index in [4.69, 9.17) is 23.2 Å². The van der Waals surface area contributed by atoms with Crippen molar-refractivity contribution < 1.29 is 9.72 Å². The van der Waals surface area contributed by atoms with Crippen LogP contribution in [0.2, 0.25) is 10.0 Å². The number of hydrogen-bond acceptors (Lipinski definition) is 3. The fourth-order valence-electron chi connectivity index (χ4n) is 1.97. The number of nitrogens with one attached hydrogen (secondary N) is 1. The molecule has 2 aromatic carbocycles. The summed E-state index contributed by atoms with van der Waals surface area (Å²) in [4.78, 5) is 22.4. The molecule has 2 aromatic rings. The van der Waals surface area contributed by atoms with E-state index in [1.165, 1.54) is 24.3 Å². The van der Waals surface area contributed by atoms with Gasteiger partial charge < -0.3 is 5.32 Å². The number of carbonyl (C=O) groups excluding carboxylic acids is 1. The number of nitro groups is 1. The highest BCUT2D eigenvalue weighted by molar-refractivity contribution is 6.35. The molecule has 0 aliphatic rings. The molecule has 114 valence electrons. The van der Waals surface area contributed by atoms with Crippen molar-refractivity contribution in [1.82, 2.24) is 5.32 Å². The highest BCUT2D eigenvalue weighted by Crippen LogP contribution is 2.26. The minimum atomic E-state index is -0.545. The van der Waals surface area contributed by atoms with Gasteiger partial charge in [0.05, 0.1) is 11.0 Å². The molecule has 2 rings (SSSR count). The Morgan fingerprint density at radius 2 is 1.95 bits per heavy atom. The molecule has 0 saturated carbocycles. The predicted octanol–water partition coefficient (Wildman–Crippen LogP) is 4.39. The second-order valence-electron chi connectivity index (χ2n) is 4.67. The molecule has 0 fully saturated rings. The van der Waals surface area contributed by atoms with E-state index in [9.17, 15) is 14.9 Å². The van der Waals surface area contributed by atoms with Gasteiger partial charge in [-0.1, -0.05) is 35.3 Å². The second-order valence-corrected chi connectivity index (χ2v) is 5.51. The maximum Gasteiger partial charge on any atom is 0.270 e. The first-order valence-electron chi connectivity index (χ1n) is 6.38. The SMILES string of the molecule is CC(NC(=O)c1cccc([N+](=O)[O-])c1)c1ccc(Cl)cc1Cl. The van der Waals surface area contributed by atoms with Crippen molar-refractivity contribution in [2.75, 3.05) is 0 Å². The standard InChI is InChI=1S/C15H12Cl2N2O3/c1-9(13-6-5-11(16)8-14(13)17)18-15(20)10-3-2-4-12(7-10)19(21)22/h2-9H,1H3,(H,18,20). The van der Waals surface area contributed by atoms with Crippen molar-refractivity contribution in [3.63, 3.8) is 0 Å². The second kappa shape index (κ2) is 6.77. The van der Waals surface area contributed by atoms with E-state index in [0.717, 1.165) is 0 Å². The van der Waals surface area contributed by atoms with Gasteiger partial charge in [0.2, 0.25) is 0 Å². The van der Waals surface area contributed by atoms with E-state index >= 15 is 0 Å². The third-order valence-corrected chi connectivity index (χ3v) is 3.66. The third kappa shape index (κ3) is 3.75. The number of nitro benzene ring substituents is 1. The molecule has 0 bridgehead atoms. The fourth-order valence-corrected chi connectivity index (χ4v) is 2.54. The molecule has 1 atom stereocenters. The predicted molar refractivity (Wildman–Crippen MR) is 85.4 cm³/mol. The molecule has 22 heavy (non-hydrogen) atoms. The van der Waals surface area contributed by atoms with Crippen LogP contribution >= 0.6 is 23.2 Å². The normalized spacial score (nSPS) is 11.8. The van der Waals surface area contributed by atoms with E-state index in [0.29, 0.717) is 15.6 Å². The molecule has 0 aromatic heterocycles. The monoisotopic (exact) mass is 338 g/mol. The van der Waals surface area contributed by atoms with Gasteiger partial charge in [0.1, 0.15) is 0 Å². The van der Waals surface area contributed by atoms with Gasteiger partial charge in [-0.25, -0.2) is 0 Å². The van der Waals surface area contributed by atoms with Crippen LogP contribution in [0.25, 0.3) is 0 Å². The average molecular weight is 339 g/mol. The van der Waals surface area contributed by atoms with Crippen LogP contribution in [0, 0.1) is 10.1 Å². The lowest BCUT2D eigenvalue weighted by Crippen LogP contribution is -2.26. The number of carbonyl (C=O) groups is 1. The summed E-state index contributed by atoms with van der Waals surface area (Å²) < 4.78 is 0. The summed E-state index contributed by atoms with van der Waals surface area (Å²) in [5, 5.41) is 14.4. The summed E-state index contributed by atoms with van der Waals surface area (Å²) in [6, 6.07) is 10.2. The van der Waals surface area contributed by atoms with Crippen molar-refractivity contribution in [3.05, 3.63) is 73.8 Å². The molecule has 1 unspecified atom stereocenters. The van der Waals surface area contributed by atoms with Crippen LogP contribution in [0.1, 0.15) is 28.9 Å². The van der Waals surface area contributed by atoms with E-state index in [-0.39, 0.29) is 17.3 Å². The Balaban J connectivity index is 2.17. The number of halogens is 2. The van der Waals surface area contributed by atoms with Gasteiger partial charge in [-0.05, 0) is 30.7 Å². The number of hydrogen-bond donors (Lipinski definition) is 1. The summed E-state index contributed by atoms with van der Waals surface area (Å²) in [5.41, 5.74) is 0.792. The molecule has 1 amide bonds. The van der Waals surface area contributed by atoms with Gasteiger partial charge in [0.25, 0.3) is 11.6 Å². The van der Waals surface area contributed by atoms with E-state index < -0.39 is 10.8 Å². The molecule has 0 aliphatic carbocycles. The van der Waals surface area contributed by atoms with Crippen molar-refractivity contribution in [2.24, 2.45) is 0 Å². The van der Waals surface area contributed by atoms with E-state index in [1.807, 2.05) is 0 Å². The smallest absolute Gasteiger partial charge is 0.270 e.